The van der Waals surface area contributed by atoms with E-state index in [1.807, 2.05) is 25.1 Å². The van der Waals surface area contributed by atoms with Crippen molar-refractivity contribution in [2.24, 2.45) is 11.3 Å². The average molecular weight is 394 g/mol. The first-order valence-corrected chi connectivity index (χ1v) is 9.22. The smallest absolute Gasteiger partial charge is 0.243 e. The number of carbonyl (C=O) groups is 2. The zero-order valence-electron chi connectivity index (χ0n) is 14.2. The molecule has 1 saturated heterocycles. The van der Waals surface area contributed by atoms with Crippen molar-refractivity contribution in [3.05, 3.63) is 28.2 Å². The summed E-state index contributed by atoms with van der Waals surface area (Å²) in [5.74, 6) is 0.0580. The third-order valence-corrected chi connectivity index (χ3v) is 5.80. The Kier molecular flexibility index (Phi) is 4.97. The van der Waals surface area contributed by atoms with Gasteiger partial charge >= 0.3 is 0 Å². The van der Waals surface area contributed by atoms with Crippen LogP contribution in [0.2, 0.25) is 0 Å². The van der Waals surface area contributed by atoms with E-state index < -0.39 is 0 Å². The summed E-state index contributed by atoms with van der Waals surface area (Å²) in [7, 11) is 1.73. The van der Waals surface area contributed by atoms with Crippen LogP contribution in [-0.2, 0) is 9.59 Å². The number of amides is 2. The molecule has 130 valence electrons. The molecular weight excluding hydrogens is 370 g/mol. The summed E-state index contributed by atoms with van der Waals surface area (Å²) >= 11 is 3.41. The normalized spacial score (nSPS) is 21.4. The summed E-state index contributed by atoms with van der Waals surface area (Å²) in [5.41, 5.74) is 1.97. The van der Waals surface area contributed by atoms with Crippen molar-refractivity contribution < 1.29 is 9.59 Å². The van der Waals surface area contributed by atoms with E-state index in [0.29, 0.717) is 0 Å². The molecule has 0 aromatic heterocycles. The van der Waals surface area contributed by atoms with Crippen LogP contribution in [-0.4, -0.2) is 43.4 Å². The zero-order chi connectivity index (χ0) is 17.3. The van der Waals surface area contributed by atoms with Crippen molar-refractivity contribution >= 4 is 33.4 Å². The van der Waals surface area contributed by atoms with E-state index in [0.717, 1.165) is 48.1 Å². The van der Waals surface area contributed by atoms with Crippen molar-refractivity contribution in [2.45, 2.75) is 26.2 Å². The van der Waals surface area contributed by atoms with Crippen LogP contribution >= 0.6 is 15.9 Å². The molecule has 1 aliphatic carbocycles. The Morgan fingerprint density at radius 3 is 2.75 bits per heavy atom. The zero-order valence-corrected chi connectivity index (χ0v) is 15.8. The second kappa shape index (κ2) is 6.84. The Labute approximate surface area is 151 Å². The lowest BCUT2D eigenvalue weighted by molar-refractivity contribution is -0.135. The van der Waals surface area contributed by atoms with E-state index in [1.165, 1.54) is 0 Å². The van der Waals surface area contributed by atoms with Crippen LogP contribution in [0.15, 0.2) is 22.7 Å². The van der Waals surface area contributed by atoms with Gasteiger partial charge in [0.2, 0.25) is 11.8 Å². The third kappa shape index (κ3) is 3.64. The fraction of sp³-hybridized carbons (Fsp3) is 0.556. The van der Waals surface area contributed by atoms with E-state index in [1.54, 1.807) is 11.9 Å². The predicted molar refractivity (Wildman–Crippen MR) is 97.8 cm³/mol. The van der Waals surface area contributed by atoms with Gasteiger partial charge in [0.25, 0.3) is 0 Å². The van der Waals surface area contributed by atoms with Crippen LogP contribution in [0.5, 0.6) is 0 Å². The van der Waals surface area contributed by atoms with E-state index in [2.05, 4.69) is 26.6 Å². The lowest BCUT2D eigenvalue weighted by Gasteiger charge is -2.25. The Balaban J connectivity index is 1.53. The number of aryl methyl sites for hydroxylation is 1. The van der Waals surface area contributed by atoms with E-state index >= 15 is 0 Å². The number of likely N-dealkylation sites (N-methyl/N-ethyl adjacent to an activating group) is 1. The first kappa shape index (κ1) is 17.4. The molecule has 1 aromatic rings. The summed E-state index contributed by atoms with van der Waals surface area (Å²) in [6.45, 7) is 4.03. The van der Waals surface area contributed by atoms with Crippen LogP contribution in [0.1, 0.15) is 24.8 Å². The number of hydrogen-bond donors (Lipinski definition) is 2. The molecule has 24 heavy (non-hydrogen) atoms. The van der Waals surface area contributed by atoms with Crippen LogP contribution in [0.3, 0.4) is 0 Å². The van der Waals surface area contributed by atoms with Gasteiger partial charge in [0, 0.05) is 23.1 Å². The third-order valence-electron chi connectivity index (χ3n) is 5.31. The highest BCUT2D eigenvalue weighted by Gasteiger charge is 2.58. The summed E-state index contributed by atoms with van der Waals surface area (Å²) in [4.78, 5) is 26.4. The SMILES string of the molecule is Cc1cc(Br)ccc1NC(=O)CN(C)C(=O)C1CC12CCNCC2. The number of nitrogens with one attached hydrogen (secondary N) is 2. The lowest BCUT2D eigenvalue weighted by atomic mass is 9.91. The van der Waals surface area contributed by atoms with Gasteiger partial charge in [0.05, 0.1) is 6.54 Å². The Morgan fingerprint density at radius 1 is 1.38 bits per heavy atom. The second-order valence-corrected chi connectivity index (χ2v) is 7.99. The van der Waals surface area contributed by atoms with Gasteiger partial charge in [-0.15, -0.1) is 0 Å². The Bertz CT molecular complexity index is 656. The molecule has 1 aliphatic heterocycles. The lowest BCUT2D eigenvalue weighted by Crippen LogP contribution is -2.38. The molecular formula is C18H24BrN3O2. The van der Waals surface area contributed by atoms with Gasteiger partial charge in [-0.05, 0) is 68.5 Å². The molecule has 1 spiro atoms. The van der Waals surface area contributed by atoms with Crippen LogP contribution in [0.25, 0.3) is 0 Å². The molecule has 2 amide bonds. The molecule has 1 atom stereocenters. The van der Waals surface area contributed by atoms with Crippen molar-refractivity contribution in [3.63, 3.8) is 0 Å². The molecule has 5 nitrogen and oxygen atoms in total. The summed E-state index contributed by atoms with van der Waals surface area (Å²) in [6.07, 6.45) is 3.12. The maximum Gasteiger partial charge on any atom is 0.243 e. The van der Waals surface area contributed by atoms with Crippen molar-refractivity contribution in [1.82, 2.24) is 10.2 Å². The highest BCUT2D eigenvalue weighted by molar-refractivity contribution is 9.10. The van der Waals surface area contributed by atoms with Gasteiger partial charge in [-0.3, -0.25) is 9.59 Å². The van der Waals surface area contributed by atoms with Crippen molar-refractivity contribution in [1.29, 1.82) is 0 Å². The highest BCUT2D eigenvalue weighted by atomic mass is 79.9. The number of hydrogen-bond acceptors (Lipinski definition) is 3. The number of benzene rings is 1. The Morgan fingerprint density at radius 2 is 2.08 bits per heavy atom. The van der Waals surface area contributed by atoms with Gasteiger partial charge in [0.1, 0.15) is 0 Å². The molecule has 2 fully saturated rings. The van der Waals surface area contributed by atoms with E-state index in [-0.39, 0.29) is 29.7 Å². The number of halogens is 1. The minimum Gasteiger partial charge on any atom is -0.336 e. The van der Waals surface area contributed by atoms with Crippen molar-refractivity contribution in [3.8, 4) is 0 Å². The van der Waals surface area contributed by atoms with E-state index in [9.17, 15) is 9.59 Å². The number of piperidine rings is 1. The van der Waals surface area contributed by atoms with Gasteiger partial charge in [0.15, 0.2) is 0 Å². The molecule has 1 saturated carbocycles. The van der Waals surface area contributed by atoms with E-state index in [4.69, 9.17) is 0 Å². The largest absolute Gasteiger partial charge is 0.336 e. The van der Waals surface area contributed by atoms with Gasteiger partial charge in [-0.2, -0.15) is 0 Å². The molecule has 3 rings (SSSR count). The molecule has 1 heterocycles. The topological polar surface area (TPSA) is 61.4 Å². The second-order valence-electron chi connectivity index (χ2n) is 7.07. The molecule has 1 unspecified atom stereocenters. The summed E-state index contributed by atoms with van der Waals surface area (Å²) in [6, 6.07) is 5.71. The monoisotopic (exact) mass is 393 g/mol. The van der Waals surface area contributed by atoms with Gasteiger partial charge in [-0.25, -0.2) is 0 Å². The standard InChI is InChI=1S/C18H24BrN3O2/c1-12-9-13(19)3-4-15(12)21-16(23)11-22(2)17(24)14-10-18(14)5-7-20-8-6-18/h3-4,9,14,20H,5-8,10-11H2,1-2H3,(H,21,23). The molecule has 6 heteroatoms. The predicted octanol–water partition coefficient (Wildman–Crippen LogP) is 2.54. The fourth-order valence-electron chi connectivity index (χ4n) is 3.69. The Hall–Kier alpha value is -1.40. The minimum atomic E-state index is -0.156. The molecule has 2 aliphatic rings. The fourth-order valence-corrected chi connectivity index (χ4v) is 4.17. The van der Waals surface area contributed by atoms with Crippen LogP contribution in [0, 0.1) is 18.3 Å². The maximum atomic E-state index is 12.6. The number of nitrogens with zero attached hydrogens (tertiary/aromatic N) is 1. The summed E-state index contributed by atoms with van der Waals surface area (Å²) in [5, 5.41) is 6.24. The average Bonchev–Trinajstić information content (AvgIpc) is 3.23. The maximum absolute atomic E-state index is 12.6. The quantitative estimate of drug-likeness (QED) is 0.825. The molecule has 0 radical (unpaired) electrons. The van der Waals surface area contributed by atoms with Crippen LogP contribution < -0.4 is 10.6 Å². The van der Waals surface area contributed by atoms with Gasteiger partial charge < -0.3 is 15.5 Å². The number of anilines is 1. The molecule has 2 N–H and O–H groups in total. The first-order valence-electron chi connectivity index (χ1n) is 8.43. The minimum absolute atomic E-state index is 0.0964. The first-order chi connectivity index (χ1) is 11.4. The highest BCUT2D eigenvalue weighted by Crippen LogP contribution is 2.59. The molecule has 0 bridgehead atoms. The molecule has 1 aromatic carbocycles. The van der Waals surface area contributed by atoms with Crippen molar-refractivity contribution in [2.75, 3.05) is 32.0 Å². The van der Waals surface area contributed by atoms with Crippen LogP contribution in [0.4, 0.5) is 5.69 Å². The number of carbonyl (C=O) groups excluding carboxylic acids is 2. The number of rotatable bonds is 4. The van der Waals surface area contributed by atoms with Gasteiger partial charge in [-0.1, -0.05) is 15.9 Å². The summed E-state index contributed by atoms with van der Waals surface area (Å²) < 4.78 is 0.978.